The molecule has 2 saturated heterocycles. The van der Waals surface area contributed by atoms with Gasteiger partial charge in [-0.15, -0.1) is 0 Å². The SMILES string of the molecule is O=[N+]([O-])c1ccc(N2CCN3CCC[C@H]3C2)nc1. The summed E-state index contributed by atoms with van der Waals surface area (Å²) in [6, 6.07) is 3.92. The molecular formula is C12H16N4O2. The monoisotopic (exact) mass is 248 g/mol. The van der Waals surface area contributed by atoms with Crippen molar-refractivity contribution in [2.45, 2.75) is 18.9 Å². The largest absolute Gasteiger partial charge is 0.354 e. The molecule has 0 radical (unpaired) electrons. The molecule has 1 aromatic heterocycles. The number of anilines is 1. The Morgan fingerprint density at radius 3 is 2.94 bits per heavy atom. The summed E-state index contributed by atoms with van der Waals surface area (Å²) in [6.07, 6.45) is 3.88. The Morgan fingerprint density at radius 2 is 2.22 bits per heavy atom. The number of fused-ring (bicyclic) bond motifs is 1. The van der Waals surface area contributed by atoms with Gasteiger partial charge >= 0.3 is 0 Å². The van der Waals surface area contributed by atoms with Crippen molar-refractivity contribution in [3.8, 4) is 0 Å². The number of nitrogens with zero attached hydrogens (tertiary/aromatic N) is 4. The first-order valence-corrected chi connectivity index (χ1v) is 6.33. The zero-order valence-corrected chi connectivity index (χ0v) is 10.2. The second kappa shape index (κ2) is 4.53. The van der Waals surface area contributed by atoms with Crippen LogP contribution < -0.4 is 4.90 Å². The lowest BCUT2D eigenvalue weighted by molar-refractivity contribution is -0.385. The smallest absolute Gasteiger partial charge is 0.287 e. The minimum Gasteiger partial charge on any atom is -0.354 e. The highest BCUT2D eigenvalue weighted by Crippen LogP contribution is 2.25. The fourth-order valence-corrected chi connectivity index (χ4v) is 2.87. The molecule has 0 N–H and O–H groups in total. The zero-order chi connectivity index (χ0) is 12.5. The van der Waals surface area contributed by atoms with Crippen LogP contribution in [0.1, 0.15) is 12.8 Å². The molecule has 2 aliphatic heterocycles. The zero-order valence-electron chi connectivity index (χ0n) is 10.2. The summed E-state index contributed by atoms with van der Waals surface area (Å²) in [5.41, 5.74) is 0.0539. The molecule has 3 rings (SSSR count). The van der Waals surface area contributed by atoms with Crippen molar-refractivity contribution >= 4 is 11.5 Å². The molecule has 6 heteroatoms. The summed E-state index contributed by atoms with van der Waals surface area (Å²) in [4.78, 5) is 19.1. The predicted molar refractivity (Wildman–Crippen MR) is 67.7 cm³/mol. The normalized spacial score (nSPS) is 24.0. The topological polar surface area (TPSA) is 62.5 Å². The average Bonchev–Trinajstić information content (AvgIpc) is 2.86. The van der Waals surface area contributed by atoms with Gasteiger partial charge in [0.05, 0.1) is 4.92 Å². The third kappa shape index (κ3) is 2.03. The number of rotatable bonds is 2. The maximum absolute atomic E-state index is 10.6. The Hall–Kier alpha value is -1.69. The van der Waals surface area contributed by atoms with Gasteiger partial charge in [-0.05, 0) is 25.5 Å². The van der Waals surface area contributed by atoms with E-state index < -0.39 is 4.92 Å². The van der Waals surface area contributed by atoms with E-state index in [1.807, 2.05) is 0 Å². The standard InChI is InChI=1S/C12H16N4O2/c17-16(18)10-3-4-12(13-8-10)15-7-6-14-5-1-2-11(14)9-15/h3-4,8,11H,1-2,5-7,9H2/t11-/m0/s1. The van der Waals surface area contributed by atoms with Gasteiger partial charge in [0.15, 0.2) is 0 Å². The molecule has 6 nitrogen and oxygen atoms in total. The maximum Gasteiger partial charge on any atom is 0.287 e. The Bertz CT molecular complexity index is 448. The summed E-state index contributed by atoms with van der Waals surface area (Å²) < 4.78 is 0. The number of nitro groups is 1. The number of aromatic nitrogens is 1. The molecule has 0 saturated carbocycles. The van der Waals surface area contributed by atoms with Crippen LogP contribution in [0.2, 0.25) is 0 Å². The van der Waals surface area contributed by atoms with Crippen LogP contribution in [0.5, 0.6) is 0 Å². The molecule has 0 bridgehead atoms. The fourth-order valence-electron chi connectivity index (χ4n) is 2.87. The van der Waals surface area contributed by atoms with Gasteiger partial charge in [-0.2, -0.15) is 0 Å². The molecule has 0 spiro atoms. The second-order valence-corrected chi connectivity index (χ2v) is 4.91. The van der Waals surface area contributed by atoms with Crippen LogP contribution in [0.15, 0.2) is 18.3 Å². The molecule has 3 heterocycles. The molecular weight excluding hydrogens is 232 g/mol. The van der Waals surface area contributed by atoms with Gasteiger partial charge in [-0.1, -0.05) is 0 Å². The van der Waals surface area contributed by atoms with E-state index in [4.69, 9.17) is 0 Å². The second-order valence-electron chi connectivity index (χ2n) is 4.91. The lowest BCUT2D eigenvalue weighted by Gasteiger charge is -2.38. The van der Waals surface area contributed by atoms with E-state index >= 15 is 0 Å². The quantitative estimate of drug-likeness (QED) is 0.582. The summed E-state index contributed by atoms with van der Waals surface area (Å²) in [7, 11) is 0. The number of hydrogen-bond donors (Lipinski definition) is 0. The fraction of sp³-hybridized carbons (Fsp3) is 0.583. The first kappa shape index (κ1) is 11.4. The van der Waals surface area contributed by atoms with E-state index in [9.17, 15) is 10.1 Å². The minimum absolute atomic E-state index is 0.0539. The molecule has 1 aromatic rings. The third-order valence-electron chi connectivity index (χ3n) is 3.85. The Kier molecular flexibility index (Phi) is 2.87. The predicted octanol–water partition coefficient (Wildman–Crippen LogP) is 1.27. The molecule has 96 valence electrons. The van der Waals surface area contributed by atoms with Crippen LogP contribution in [0, 0.1) is 10.1 Å². The molecule has 0 unspecified atom stereocenters. The van der Waals surface area contributed by atoms with E-state index in [1.54, 1.807) is 6.07 Å². The van der Waals surface area contributed by atoms with E-state index in [0.717, 1.165) is 25.5 Å². The van der Waals surface area contributed by atoms with Gasteiger partial charge in [0.25, 0.3) is 5.69 Å². The lowest BCUT2D eigenvalue weighted by Crippen LogP contribution is -2.50. The maximum atomic E-state index is 10.6. The van der Waals surface area contributed by atoms with Crippen molar-refractivity contribution in [1.82, 2.24) is 9.88 Å². The number of piperazine rings is 1. The van der Waals surface area contributed by atoms with E-state index in [0.29, 0.717) is 6.04 Å². The minimum atomic E-state index is -0.411. The van der Waals surface area contributed by atoms with Crippen LogP contribution in [-0.2, 0) is 0 Å². The van der Waals surface area contributed by atoms with Crippen molar-refractivity contribution in [2.24, 2.45) is 0 Å². The third-order valence-corrected chi connectivity index (χ3v) is 3.85. The molecule has 2 aliphatic rings. The highest BCUT2D eigenvalue weighted by atomic mass is 16.6. The van der Waals surface area contributed by atoms with Crippen LogP contribution >= 0.6 is 0 Å². The summed E-state index contributed by atoms with van der Waals surface area (Å²) >= 11 is 0. The molecule has 18 heavy (non-hydrogen) atoms. The first-order chi connectivity index (χ1) is 8.74. The molecule has 1 atom stereocenters. The van der Waals surface area contributed by atoms with Crippen LogP contribution in [-0.4, -0.2) is 47.0 Å². The first-order valence-electron chi connectivity index (χ1n) is 6.33. The highest BCUT2D eigenvalue weighted by molar-refractivity contribution is 5.43. The Balaban J connectivity index is 1.73. The van der Waals surface area contributed by atoms with Crippen LogP contribution in [0.4, 0.5) is 11.5 Å². The van der Waals surface area contributed by atoms with Gasteiger partial charge in [0, 0.05) is 31.7 Å². The highest BCUT2D eigenvalue weighted by Gasteiger charge is 2.30. The summed E-state index contributed by atoms with van der Waals surface area (Å²) in [5.74, 6) is 0.854. The number of pyridine rings is 1. The van der Waals surface area contributed by atoms with Gasteiger partial charge in [0.1, 0.15) is 12.0 Å². The van der Waals surface area contributed by atoms with E-state index in [-0.39, 0.29) is 5.69 Å². The van der Waals surface area contributed by atoms with E-state index in [1.165, 1.54) is 31.6 Å². The molecule has 2 fully saturated rings. The van der Waals surface area contributed by atoms with Crippen LogP contribution in [0.3, 0.4) is 0 Å². The van der Waals surface area contributed by atoms with Gasteiger partial charge in [-0.3, -0.25) is 15.0 Å². The lowest BCUT2D eigenvalue weighted by atomic mass is 10.1. The van der Waals surface area contributed by atoms with Crippen molar-refractivity contribution in [3.63, 3.8) is 0 Å². The number of hydrogen-bond acceptors (Lipinski definition) is 5. The van der Waals surface area contributed by atoms with Gasteiger partial charge in [0.2, 0.25) is 0 Å². The van der Waals surface area contributed by atoms with Crippen molar-refractivity contribution in [1.29, 1.82) is 0 Å². The summed E-state index contributed by atoms with van der Waals surface area (Å²) in [6.45, 7) is 4.24. The Labute approximate surface area is 105 Å². The van der Waals surface area contributed by atoms with Crippen LogP contribution in [0.25, 0.3) is 0 Å². The molecule has 0 aliphatic carbocycles. The van der Waals surface area contributed by atoms with Gasteiger partial charge < -0.3 is 4.90 Å². The molecule has 0 amide bonds. The van der Waals surface area contributed by atoms with E-state index in [2.05, 4.69) is 14.8 Å². The average molecular weight is 248 g/mol. The summed E-state index contributed by atoms with van der Waals surface area (Å²) in [5, 5.41) is 10.6. The Morgan fingerprint density at radius 1 is 1.33 bits per heavy atom. The van der Waals surface area contributed by atoms with Gasteiger partial charge in [-0.25, -0.2) is 4.98 Å². The van der Waals surface area contributed by atoms with Crippen molar-refractivity contribution in [3.05, 3.63) is 28.4 Å². The molecule has 0 aromatic carbocycles. The van der Waals surface area contributed by atoms with Crippen molar-refractivity contribution < 1.29 is 4.92 Å². The van der Waals surface area contributed by atoms with Crippen molar-refractivity contribution in [2.75, 3.05) is 31.1 Å².